The largest absolute Gasteiger partial charge is 0.396 e. The van der Waals surface area contributed by atoms with Crippen molar-refractivity contribution in [2.45, 2.75) is 6.42 Å². The van der Waals surface area contributed by atoms with Crippen molar-refractivity contribution in [2.75, 3.05) is 24.7 Å². The van der Waals surface area contributed by atoms with Gasteiger partial charge < -0.3 is 10.4 Å². The van der Waals surface area contributed by atoms with Gasteiger partial charge in [0.25, 0.3) is 0 Å². The fourth-order valence-corrected chi connectivity index (χ4v) is 2.41. The molecular formula is C14H17ClFNO2S. The lowest BCUT2D eigenvalue weighted by Crippen LogP contribution is -2.23. The van der Waals surface area contributed by atoms with Crippen LogP contribution in [0, 0.1) is 5.82 Å². The molecule has 1 aromatic rings. The number of nitrogens with one attached hydrogen (secondary N) is 1. The van der Waals surface area contributed by atoms with E-state index in [4.69, 9.17) is 16.7 Å². The van der Waals surface area contributed by atoms with Gasteiger partial charge in [-0.3, -0.25) is 4.79 Å². The fourth-order valence-electron chi connectivity index (χ4n) is 1.40. The Bertz CT molecular complexity index is 448. The molecule has 1 amide bonds. The number of thioether (sulfide) groups is 1. The van der Waals surface area contributed by atoms with Crippen LogP contribution in [0.15, 0.2) is 24.3 Å². The van der Waals surface area contributed by atoms with Crippen molar-refractivity contribution in [3.05, 3.63) is 40.7 Å². The van der Waals surface area contributed by atoms with Crippen LogP contribution in [0.1, 0.15) is 12.0 Å². The van der Waals surface area contributed by atoms with E-state index in [-0.39, 0.29) is 23.1 Å². The molecule has 110 valence electrons. The van der Waals surface area contributed by atoms with Crippen LogP contribution in [-0.2, 0) is 4.79 Å². The molecule has 0 bridgehead atoms. The number of halogens is 2. The Labute approximate surface area is 127 Å². The number of amides is 1. The summed E-state index contributed by atoms with van der Waals surface area (Å²) < 4.78 is 13.4. The number of hydrogen-bond acceptors (Lipinski definition) is 3. The van der Waals surface area contributed by atoms with Crippen LogP contribution in [0.25, 0.3) is 6.08 Å². The van der Waals surface area contributed by atoms with E-state index in [1.165, 1.54) is 24.3 Å². The lowest BCUT2D eigenvalue weighted by Gasteiger charge is -2.02. The van der Waals surface area contributed by atoms with Crippen molar-refractivity contribution in [3.8, 4) is 0 Å². The van der Waals surface area contributed by atoms with Crippen molar-refractivity contribution in [1.29, 1.82) is 0 Å². The smallest absolute Gasteiger partial charge is 0.244 e. The summed E-state index contributed by atoms with van der Waals surface area (Å²) in [6.07, 6.45) is 3.39. The van der Waals surface area contributed by atoms with Gasteiger partial charge in [0.2, 0.25) is 5.91 Å². The van der Waals surface area contributed by atoms with Gasteiger partial charge >= 0.3 is 0 Å². The number of rotatable bonds is 8. The molecule has 0 atom stereocenters. The van der Waals surface area contributed by atoms with Gasteiger partial charge in [-0.15, -0.1) is 0 Å². The third-order valence-corrected chi connectivity index (χ3v) is 3.79. The number of carbonyl (C=O) groups is 1. The first kappa shape index (κ1) is 17.0. The monoisotopic (exact) mass is 317 g/mol. The minimum Gasteiger partial charge on any atom is -0.396 e. The van der Waals surface area contributed by atoms with E-state index >= 15 is 0 Å². The number of carbonyl (C=O) groups excluding carboxylic acids is 1. The molecule has 0 saturated heterocycles. The van der Waals surface area contributed by atoms with Gasteiger partial charge in [0.1, 0.15) is 5.82 Å². The number of hydrogen-bond donors (Lipinski definition) is 2. The van der Waals surface area contributed by atoms with Gasteiger partial charge in [-0.1, -0.05) is 17.7 Å². The topological polar surface area (TPSA) is 49.3 Å². The zero-order valence-electron chi connectivity index (χ0n) is 10.9. The Balaban J connectivity index is 2.33. The normalized spacial score (nSPS) is 10.9. The number of aliphatic hydroxyl groups excluding tert-OH is 1. The Morgan fingerprint density at radius 1 is 1.45 bits per heavy atom. The Hall–Kier alpha value is -1.04. The molecule has 0 radical (unpaired) electrons. The molecule has 1 rings (SSSR count). The molecule has 0 heterocycles. The average molecular weight is 318 g/mol. The summed E-state index contributed by atoms with van der Waals surface area (Å²) >= 11 is 7.50. The Morgan fingerprint density at radius 2 is 2.25 bits per heavy atom. The minimum atomic E-state index is -0.457. The lowest BCUT2D eigenvalue weighted by atomic mass is 10.2. The van der Waals surface area contributed by atoms with Crippen molar-refractivity contribution >= 4 is 35.3 Å². The van der Waals surface area contributed by atoms with Crippen molar-refractivity contribution in [3.63, 3.8) is 0 Å². The Kier molecular flexibility index (Phi) is 8.34. The van der Waals surface area contributed by atoms with Gasteiger partial charge in [0, 0.05) is 30.5 Å². The molecule has 1 aromatic carbocycles. The van der Waals surface area contributed by atoms with E-state index in [1.54, 1.807) is 17.8 Å². The van der Waals surface area contributed by atoms with Crippen LogP contribution < -0.4 is 5.32 Å². The molecule has 2 N–H and O–H groups in total. The quantitative estimate of drug-likeness (QED) is 0.572. The van der Waals surface area contributed by atoms with Gasteiger partial charge in [0.15, 0.2) is 0 Å². The van der Waals surface area contributed by atoms with E-state index in [0.29, 0.717) is 6.54 Å². The van der Waals surface area contributed by atoms with Gasteiger partial charge in [-0.05, 0) is 30.4 Å². The first-order valence-corrected chi connectivity index (χ1v) is 7.77. The van der Waals surface area contributed by atoms with E-state index in [9.17, 15) is 9.18 Å². The summed E-state index contributed by atoms with van der Waals surface area (Å²) in [5, 5.41) is 11.6. The van der Waals surface area contributed by atoms with E-state index in [2.05, 4.69) is 5.32 Å². The standard InChI is InChI=1S/C14H17ClFNO2S/c15-12-3-1-4-13(16)11(12)5-6-14(19)17-7-10-20-9-2-8-18/h1,3-6,18H,2,7-10H2,(H,17,19)/b6-5+. The second-order valence-corrected chi connectivity index (χ2v) is 5.58. The maximum absolute atomic E-state index is 13.4. The van der Waals surface area contributed by atoms with E-state index in [0.717, 1.165) is 17.9 Å². The van der Waals surface area contributed by atoms with E-state index < -0.39 is 5.82 Å². The highest BCUT2D eigenvalue weighted by molar-refractivity contribution is 7.99. The predicted octanol–water partition coefficient (Wildman–Crippen LogP) is 2.72. The van der Waals surface area contributed by atoms with Crippen LogP contribution in [0.2, 0.25) is 5.02 Å². The molecule has 0 spiro atoms. The van der Waals surface area contributed by atoms with E-state index in [1.807, 2.05) is 0 Å². The molecule has 0 aliphatic rings. The summed E-state index contributed by atoms with van der Waals surface area (Å²) in [5.41, 5.74) is 0.210. The number of aliphatic hydroxyl groups is 1. The lowest BCUT2D eigenvalue weighted by molar-refractivity contribution is -0.116. The summed E-state index contributed by atoms with van der Waals surface area (Å²) in [5.74, 6) is 0.903. The Morgan fingerprint density at radius 3 is 2.95 bits per heavy atom. The third kappa shape index (κ3) is 6.41. The molecule has 0 aliphatic heterocycles. The van der Waals surface area contributed by atoms with Crippen LogP contribution >= 0.6 is 23.4 Å². The molecule has 20 heavy (non-hydrogen) atoms. The van der Waals surface area contributed by atoms with Gasteiger partial charge in [-0.25, -0.2) is 4.39 Å². The van der Waals surface area contributed by atoms with Crippen LogP contribution in [0.4, 0.5) is 4.39 Å². The molecule has 0 aliphatic carbocycles. The first-order valence-electron chi connectivity index (χ1n) is 6.23. The molecule has 6 heteroatoms. The minimum absolute atomic E-state index is 0.186. The molecule has 0 saturated carbocycles. The van der Waals surface area contributed by atoms with Crippen molar-refractivity contribution in [2.24, 2.45) is 0 Å². The molecule has 0 aromatic heterocycles. The second kappa shape index (κ2) is 9.80. The van der Waals surface area contributed by atoms with Crippen LogP contribution in [0.3, 0.4) is 0 Å². The maximum atomic E-state index is 13.4. The van der Waals surface area contributed by atoms with Crippen LogP contribution in [0.5, 0.6) is 0 Å². The van der Waals surface area contributed by atoms with Crippen molar-refractivity contribution < 1.29 is 14.3 Å². The number of benzene rings is 1. The zero-order chi connectivity index (χ0) is 14.8. The van der Waals surface area contributed by atoms with Gasteiger partial charge in [0.05, 0.1) is 5.02 Å². The highest BCUT2D eigenvalue weighted by Gasteiger charge is 2.03. The van der Waals surface area contributed by atoms with Crippen molar-refractivity contribution in [1.82, 2.24) is 5.32 Å². The fraction of sp³-hybridized carbons (Fsp3) is 0.357. The molecule has 3 nitrogen and oxygen atoms in total. The molecule has 0 fully saturated rings. The summed E-state index contributed by atoms with van der Waals surface area (Å²) in [4.78, 5) is 11.5. The SMILES string of the molecule is O=C(/C=C/c1c(F)cccc1Cl)NCCSCCCO. The summed E-state index contributed by atoms with van der Waals surface area (Å²) in [6, 6.07) is 4.37. The highest BCUT2D eigenvalue weighted by atomic mass is 35.5. The predicted molar refractivity (Wildman–Crippen MR) is 82.5 cm³/mol. The third-order valence-electron chi connectivity index (χ3n) is 2.39. The van der Waals surface area contributed by atoms with Gasteiger partial charge in [-0.2, -0.15) is 11.8 Å². The summed E-state index contributed by atoms with van der Waals surface area (Å²) in [7, 11) is 0. The maximum Gasteiger partial charge on any atom is 0.244 e. The second-order valence-electron chi connectivity index (χ2n) is 3.95. The first-order chi connectivity index (χ1) is 9.65. The molecular weight excluding hydrogens is 301 g/mol. The highest BCUT2D eigenvalue weighted by Crippen LogP contribution is 2.20. The van der Waals surface area contributed by atoms with Crippen LogP contribution in [-0.4, -0.2) is 35.7 Å². The zero-order valence-corrected chi connectivity index (χ0v) is 12.5. The summed E-state index contributed by atoms with van der Waals surface area (Å²) in [6.45, 7) is 0.718. The molecule has 0 unspecified atom stereocenters. The average Bonchev–Trinajstić information content (AvgIpc) is 2.42.